The molecule has 0 bridgehead atoms. The Morgan fingerprint density at radius 3 is 2.41 bits per heavy atom. The van der Waals surface area contributed by atoms with E-state index in [0.717, 1.165) is 58.7 Å². The average molecular weight is 642 g/mol. The van der Waals surface area contributed by atoms with Gasteiger partial charge in [0.25, 0.3) is 0 Å². The summed E-state index contributed by atoms with van der Waals surface area (Å²) in [6.45, 7) is 13.7. The van der Waals surface area contributed by atoms with Gasteiger partial charge in [0.1, 0.15) is 17.7 Å². The molecule has 0 radical (unpaired) electrons. The van der Waals surface area contributed by atoms with Crippen LogP contribution in [-0.2, 0) is 4.74 Å². The van der Waals surface area contributed by atoms with E-state index < -0.39 is 5.82 Å². The van der Waals surface area contributed by atoms with Crippen molar-refractivity contribution >= 4 is 56.2 Å². The van der Waals surface area contributed by atoms with Crippen LogP contribution in [0.4, 0.5) is 20.6 Å². The lowest BCUT2D eigenvalue weighted by atomic mass is 9.73. The number of rotatable bonds is 4. The number of anilines is 2. The standard InChI is InChI=1S/C23H14FN3OS.C11H20N2O2.C2H6/c24-19-9-14(12-28)1-4-17(19)15-2-5-18-20(7-8-25-21(18)10-15)27-16-3-6-23-22(11-16)26-13-29-23;1-10(2,3)15-9(14)13-7-11(8-13)5-12(4)6-11;1-2/h1-13H,(H,25,27);5-8H2,1-4H3;1-2H3. The Hall–Kier alpha value is -4.41. The molecule has 2 aliphatic rings. The van der Waals surface area contributed by atoms with Crippen molar-refractivity contribution in [2.24, 2.45) is 5.41 Å². The van der Waals surface area contributed by atoms with Crippen molar-refractivity contribution < 1.29 is 18.7 Å². The maximum absolute atomic E-state index is 14.4. The summed E-state index contributed by atoms with van der Waals surface area (Å²) in [5.74, 6) is -0.431. The smallest absolute Gasteiger partial charge is 0.410 e. The monoisotopic (exact) mass is 641 g/mol. The highest BCUT2D eigenvalue weighted by Crippen LogP contribution is 2.39. The van der Waals surface area contributed by atoms with E-state index in [4.69, 9.17) is 4.74 Å². The predicted molar refractivity (Wildman–Crippen MR) is 185 cm³/mol. The van der Waals surface area contributed by atoms with Gasteiger partial charge in [-0.15, -0.1) is 11.3 Å². The molecule has 240 valence electrons. The van der Waals surface area contributed by atoms with Gasteiger partial charge >= 0.3 is 6.09 Å². The summed E-state index contributed by atoms with van der Waals surface area (Å²) >= 11 is 1.61. The van der Waals surface area contributed by atoms with E-state index in [1.54, 1.807) is 34.6 Å². The molecular formula is C36H40FN5O3S. The lowest BCUT2D eigenvalue weighted by molar-refractivity contribution is -0.103. The number of aldehydes is 1. The molecule has 0 saturated carbocycles. The van der Waals surface area contributed by atoms with Crippen molar-refractivity contribution in [3.8, 4) is 11.1 Å². The van der Waals surface area contributed by atoms with Crippen LogP contribution in [0.25, 0.3) is 32.2 Å². The SMILES string of the molecule is CC.CN1CC2(C1)CN(C(=O)OC(C)(C)C)C2.O=Cc1ccc(-c2ccc3c(Nc4ccc5scnc5c4)ccnc3c2)c(F)c1. The molecule has 1 amide bonds. The molecule has 46 heavy (non-hydrogen) atoms. The molecular weight excluding hydrogens is 601 g/mol. The third kappa shape index (κ3) is 7.35. The van der Waals surface area contributed by atoms with Crippen LogP contribution in [0.3, 0.4) is 0 Å². The Morgan fingerprint density at radius 2 is 1.74 bits per heavy atom. The zero-order chi connectivity index (χ0) is 33.1. The molecule has 2 aromatic heterocycles. The highest BCUT2D eigenvalue weighted by atomic mass is 32.1. The molecule has 3 aromatic carbocycles. The number of ether oxygens (including phenoxy) is 1. The maximum atomic E-state index is 14.4. The van der Waals surface area contributed by atoms with E-state index >= 15 is 0 Å². The Kier molecular flexibility index (Phi) is 9.69. The van der Waals surface area contributed by atoms with Crippen molar-refractivity contribution in [2.45, 2.75) is 40.2 Å². The van der Waals surface area contributed by atoms with E-state index in [1.165, 1.54) is 6.07 Å². The van der Waals surface area contributed by atoms with E-state index in [2.05, 4.69) is 27.2 Å². The summed E-state index contributed by atoms with van der Waals surface area (Å²) in [7, 11) is 2.11. The number of hydrogen-bond donors (Lipinski definition) is 1. The Bertz CT molecular complexity index is 1850. The first-order valence-corrected chi connectivity index (χ1v) is 16.3. The number of carbonyl (C=O) groups excluding carboxylic acids is 2. The molecule has 0 unspecified atom stereocenters. The van der Waals surface area contributed by atoms with Gasteiger partial charge in [-0.05, 0) is 69.8 Å². The summed E-state index contributed by atoms with van der Waals surface area (Å²) in [4.78, 5) is 35.4. The minimum Gasteiger partial charge on any atom is -0.444 e. The third-order valence-electron chi connectivity index (χ3n) is 7.71. The fraction of sp³-hybridized carbons (Fsp3) is 0.333. The Labute approximate surface area is 273 Å². The Balaban J connectivity index is 0.000000207. The number of aromatic nitrogens is 2. The second-order valence-electron chi connectivity index (χ2n) is 12.6. The summed E-state index contributed by atoms with van der Waals surface area (Å²) in [6.07, 6.45) is 2.19. The number of benzene rings is 3. The normalized spacial score (nSPS) is 15.2. The van der Waals surface area contributed by atoms with Gasteiger partial charge in [0.05, 0.1) is 21.2 Å². The quantitative estimate of drug-likeness (QED) is 0.197. The van der Waals surface area contributed by atoms with Crippen LogP contribution in [0.1, 0.15) is 45.0 Å². The van der Waals surface area contributed by atoms with Crippen LogP contribution in [0.15, 0.2) is 72.4 Å². The van der Waals surface area contributed by atoms with E-state index in [0.29, 0.717) is 28.4 Å². The first-order valence-electron chi connectivity index (χ1n) is 15.4. The van der Waals surface area contributed by atoms with Crippen LogP contribution >= 0.6 is 11.3 Å². The number of likely N-dealkylation sites (tertiary alicyclic amines) is 2. The number of fused-ring (bicyclic) bond motifs is 2. The van der Waals surface area contributed by atoms with Gasteiger partial charge in [-0.1, -0.05) is 38.1 Å². The number of nitrogens with zero attached hydrogens (tertiary/aromatic N) is 4. The number of carbonyl (C=O) groups is 2. The van der Waals surface area contributed by atoms with Crippen molar-refractivity contribution in [1.29, 1.82) is 0 Å². The molecule has 2 saturated heterocycles. The van der Waals surface area contributed by atoms with Crippen LogP contribution in [0.5, 0.6) is 0 Å². The van der Waals surface area contributed by atoms with Gasteiger partial charge in [0.2, 0.25) is 0 Å². The molecule has 4 heterocycles. The van der Waals surface area contributed by atoms with Gasteiger partial charge in [0.15, 0.2) is 0 Å². The maximum Gasteiger partial charge on any atom is 0.410 e. The lowest BCUT2D eigenvalue weighted by Crippen LogP contribution is -2.72. The molecule has 0 aliphatic carbocycles. The molecule has 1 N–H and O–H groups in total. The van der Waals surface area contributed by atoms with Crippen molar-refractivity contribution in [1.82, 2.24) is 19.8 Å². The summed E-state index contributed by atoms with van der Waals surface area (Å²) in [5.41, 5.74) is 6.86. The molecule has 8 nitrogen and oxygen atoms in total. The molecule has 1 spiro atoms. The number of amides is 1. The van der Waals surface area contributed by atoms with Gasteiger partial charge in [-0.3, -0.25) is 9.78 Å². The first kappa shape index (κ1) is 33.0. The van der Waals surface area contributed by atoms with Crippen molar-refractivity contribution in [2.75, 3.05) is 38.5 Å². The fourth-order valence-electron chi connectivity index (χ4n) is 5.87. The second-order valence-corrected chi connectivity index (χ2v) is 13.5. The minimum atomic E-state index is -0.431. The van der Waals surface area contributed by atoms with Gasteiger partial charge < -0.3 is 19.9 Å². The third-order valence-corrected chi connectivity index (χ3v) is 8.52. The topological polar surface area (TPSA) is 87.7 Å². The highest BCUT2D eigenvalue weighted by molar-refractivity contribution is 7.16. The zero-order valence-corrected chi connectivity index (χ0v) is 28.0. The first-order chi connectivity index (χ1) is 22.0. The largest absolute Gasteiger partial charge is 0.444 e. The molecule has 2 fully saturated rings. The summed E-state index contributed by atoms with van der Waals surface area (Å²) in [6, 6.07) is 18.1. The highest BCUT2D eigenvalue weighted by Gasteiger charge is 2.52. The fourth-order valence-corrected chi connectivity index (χ4v) is 6.53. The molecule has 0 atom stereocenters. The lowest BCUT2D eigenvalue weighted by Gasteiger charge is -2.59. The number of thiazole rings is 1. The summed E-state index contributed by atoms with van der Waals surface area (Å²) < 4.78 is 20.8. The number of nitrogens with one attached hydrogen (secondary N) is 1. The molecule has 10 heteroatoms. The van der Waals surface area contributed by atoms with E-state index in [1.807, 2.05) is 82.6 Å². The van der Waals surface area contributed by atoms with Crippen molar-refractivity contribution in [3.05, 3.63) is 83.8 Å². The van der Waals surface area contributed by atoms with E-state index in [9.17, 15) is 14.0 Å². The minimum absolute atomic E-state index is 0.164. The summed E-state index contributed by atoms with van der Waals surface area (Å²) in [5, 5.41) is 4.36. The Morgan fingerprint density at radius 1 is 0.978 bits per heavy atom. The number of halogens is 1. The van der Waals surface area contributed by atoms with Crippen LogP contribution in [0, 0.1) is 11.2 Å². The van der Waals surface area contributed by atoms with E-state index in [-0.39, 0.29) is 11.7 Å². The molecule has 5 aromatic rings. The predicted octanol–water partition coefficient (Wildman–Crippen LogP) is 8.40. The molecule has 2 aliphatic heterocycles. The van der Waals surface area contributed by atoms with Gasteiger partial charge in [0, 0.05) is 65.7 Å². The van der Waals surface area contributed by atoms with Crippen LogP contribution in [-0.4, -0.2) is 71.0 Å². The average Bonchev–Trinajstić information content (AvgIpc) is 3.46. The second kappa shape index (κ2) is 13.5. The van der Waals surface area contributed by atoms with Crippen LogP contribution < -0.4 is 5.32 Å². The van der Waals surface area contributed by atoms with Gasteiger partial charge in [-0.25, -0.2) is 14.2 Å². The zero-order valence-electron chi connectivity index (χ0n) is 27.1. The van der Waals surface area contributed by atoms with Crippen LogP contribution in [0.2, 0.25) is 0 Å². The number of pyridine rings is 1. The number of hydrogen-bond acceptors (Lipinski definition) is 8. The van der Waals surface area contributed by atoms with Crippen molar-refractivity contribution in [3.63, 3.8) is 0 Å². The van der Waals surface area contributed by atoms with Gasteiger partial charge in [-0.2, -0.15) is 0 Å². The molecule has 7 rings (SSSR count).